The highest BCUT2D eigenvalue weighted by Crippen LogP contribution is 2.35. The summed E-state index contributed by atoms with van der Waals surface area (Å²) in [5, 5.41) is 2.33. The molecular weight excluding hydrogens is 571 g/mol. The minimum atomic E-state index is -4.89. The zero-order chi connectivity index (χ0) is 29.5. The fraction of sp³-hybridized carbons (Fsp3) is 0.333. The first-order valence-corrected chi connectivity index (χ1v) is 13.1. The van der Waals surface area contributed by atoms with Gasteiger partial charge < -0.3 is 5.32 Å². The van der Waals surface area contributed by atoms with Crippen molar-refractivity contribution >= 4 is 15.9 Å². The summed E-state index contributed by atoms with van der Waals surface area (Å²) in [6.07, 6.45) is -7.35. The molecule has 1 fully saturated rings. The lowest BCUT2D eigenvalue weighted by Crippen LogP contribution is -2.48. The molecule has 3 aromatic rings. The maximum absolute atomic E-state index is 13.7. The van der Waals surface area contributed by atoms with Gasteiger partial charge in [-0.2, -0.15) is 30.6 Å². The topological polar surface area (TPSA) is 105 Å². The Balaban J connectivity index is 1.59. The molecule has 1 saturated heterocycles. The number of aromatic nitrogens is 3. The number of nitrogens with zero attached hydrogens (tertiary/aromatic N) is 4. The van der Waals surface area contributed by atoms with Crippen LogP contribution in [0, 0.1) is 5.82 Å². The Bertz CT molecular complexity index is 1500. The number of hydrogen-bond acceptors (Lipinski definition) is 6. The first-order chi connectivity index (χ1) is 18.6. The molecule has 214 valence electrons. The largest absolute Gasteiger partial charge is 0.451 e. The molecule has 2 unspecified atom stereocenters. The summed E-state index contributed by atoms with van der Waals surface area (Å²) in [5.41, 5.74) is -1.96. The summed E-state index contributed by atoms with van der Waals surface area (Å²) < 4.78 is 120. The van der Waals surface area contributed by atoms with Crippen LogP contribution in [0.3, 0.4) is 0 Å². The molecule has 8 nitrogen and oxygen atoms in total. The fourth-order valence-electron chi connectivity index (χ4n) is 4.30. The second kappa shape index (κ2) is 10.7. The van der Waals surface area contributed by atoms with Crippen molar-refractivity contribution in [3.63, 3.8) is 0 Å². The molecule has 2 aromatic heterocycles. The molecule has 1 amide bonds. The van der Waals surface area contributed by atoms with Gasteiger partial charge in [-0.3, -0.25) is 9.78 Å². The lowest BCUT2D eigenvalue weighted by Gasteiger charge is -2.27. The molecule has 0 bridgehead atoms. The van der Waals surface area contributed by atoms with Crippen molar-refractivity contribution < 1.29 is 43.9 Å². The van der Waals surface area contributed by atoms with Gasteiger partial charge >= 0.3 is 12.4 Å². The van der Waals surface area contributed by atoms with E-state index >= 15 is 0 Å². The molecule has 1 aliphatic heterocycles. The molecule has 2 atom stereocenters. The van der Waals surface area contributed by atoms with Crippen molar-refractivity contribution in [1.82, 2.24) is 24.6 Å². The zero-order valence-electron chi connectivity index (χ0n) is 20.5. The van der Waals surface area contributed by atoms with Gasteiger partial charge in [0.2, 0.25) is 21.8 Å². The van der Waals surface area contributed by atoms with Crippen LogP contribution < -0.4 is 5.32 Å². The average molecular weight is 592 g/mol. The predicted octanol–water partition coefficient (Wildman–Crippen LogP) is 4.57. The van der Waals surface area contributed by atoms with Crippen LogP contribution in [-0.4, -0.2) is 45.7 Å². The van der Waals surface area contributed by atoms with Crippen molar-refractivity contribution in [3.05, 3.63) is 71.7 Å². The normalized spacial score (nSPS) is 18.6. The zero-order valence-corrected chi connectivity index (χ0v) is 21.3. The number of carbonyl (C=O) groups is 1. The molecule has 1 aromatic carbocycles. The Labute approximate surface area is 223 Å². The van der Waals surface area contributed by atoms with Crippen LogP contribution in [0.5, 0.6) is 0 Å². The highest BCUT2D eigenvalue weighted by molar-refractivity contribution is 7.89. The Kier molecular flexibility index (Phi) is 7.86. The van der Waals surface area contributed by atoms with E-state index in [0.29, 0.717) is 12.6 Å². The van der Waals surface area contributed by atoms with E-state index in [2.05, 4.69) is 20.3 Å². The SMILES string of the molecule is CC1CCC(C(=O)NCc2cc(-c3cnc(C(F)(F)F)nc3)ncc2C(F)(F)F)N1S(=O)(=O)c1ccc(F)cc1. The first kappa shape index (κ1) is 29.3. The van der Waals surface area contributed by atoms with Crippen LogP contribution >= 0.6 is 0 Å². The maximum atomic E-state index is 13.7. The third-order valence-electron chi connectivity index (χ3n) is 6.24. The van der Waals surface area contributed by atoms with E-state index in [9.17, 15) is 43.9 Å². The number of rotatable bonds is 6. The molecule has 1 N–H and O–H groups in total. The monoisotopic (exact) mass is 591 g/mol. The lowest BCUT2D eigenvalue weighted by molar-refractivity contribution is -0.145. The number of pyridine rings is 1. The maximum Gasteiger partial charge on any atom is 0.451 e. The molecular formula is C24H20F7N5O3S. The van der Waals surface area contributed by atoms with Gasteiger partial charge in [0.15, 0.2) is 0 Å². The van der Waals surface area contributed by atoms with Gasteiger partial charge in [0, 0.05) is 36.7 Å². The Hall–Kier alpha value is -3.66. The van der Waals surface area contributed by atoms with Crippen LogP contribution in [0.2, 0.25) is 0 Å². The van der Waals surface area contributed by atoms with Crippen molar-refractivity contribution in [1.29, 1.82) is 0 Å². The summed E-state index contributed by atoms with van der Waals surface area (Å²) >= 11 is 0. The molecule has 1 aliphatic rings. The van der Waals surface area contributed by atoms with Crippen molar-refractivity contribution in [2.75, 3.05) is 0 Å². The van der Waals surface area contributed by atoms with Gasteiger partial charge in [0.25, 0.3) is 0 Å². The molecule has 0 saturated carbocycles. The van der Waals surface area contributed by atoms with E-state index in [1.165, 1.54) is 0 Å². The number of carbonyl (C=O) groups excluding carboxylic acids is 1. The van der Waals surface area contributed by atoms with Crippen LogP contribution in [-0.2, 0) is 33.7 Å². The summed E-state index contributed by atoms with van der Waals surface area (Å²) in [7, 11) is -4.25. The van der Waals surface area contributed by atoms with Crippen molar-refractivity contribution in [3.8, 4) is 11.3 Å². The van der Waals surface area contributed by atoms with E-state index in [-0.39, 0.29) is 22.6 Å². The molecule has 40 heavy (non-hydrogen) atoms. The average Bonchev–Trinajstić information content (AvgIpc) is 3.28. The van der Waals surface area contributed by atoms with Gasteiger partial charge in [-0.15, -0.1) is 0 Å². The second-order valence-electron chi connectivity index (χ2n) is 8.97. The third kappa shape index (κ3) is 6.06. The van der Waals surface area contributed by atoms with Crippen molar-refractivity contribution in [2.45, 2.75) is 55.6 Å². The van der Waals surface area contributed by atoms with Gasteiger partial charge in [0.1, 0.15) is 11.9 Å². The minimum Gasteiger partial charge on any atom is -0.351 e. The van der Waals surface area contributed by atoms with Gasteiger partial charge in [-0.05, 0) is 55.7 Å². The van der Waals surface area contributed by atoms with Crippen molar-refractivity contribution in [2.24, 2.45) is 0 Å². The second-order valence-corrected chi connectivity index (χ2v) is 10.8. The molecule has 0 radical (unpaired) electrons. The molecule has 3 heterocycles. The first-order valence-electron chi connectivity index (χ1n) is 11.6. The van der Waals surface area contributed by atoms with Crippen LogP contribution in [0.1, 0.15) is 36.7 Å². The molecule has 4 rings (SSSR count). The predicted molar refractivity (Wildman–Crippen MR) is 125 cm³/mol. The van der Waals surface area contributed by atoms with E-state index in [4.69, 9.17) is 0 Å². The third-order valence-corrected chi connectivity index (χ3v) is 8.28. The standard InChI is InChI=1S/C24H20F7N5O3S/c1-13-2-7-20(36(13)40(38,39)17-5-3-16(25)4-6-17)21(37)33-9-14-8-19(32-12-18(14)23(26,27)28)15-10-34-22(35-11-15)24(29,30)31/h3-6,8,10-13,20H,2,7,9H2,1H3,(H,33,37). The number of benzene rings is 1. The number of sulfonamides is 1. The highest BCUT2D eigenvalue weighted by atomic mass is 32.2. The molecule has 0 spiro atoms. The summed E-state index contributed by atoms with van der Waals surface area (Å²) in [5.74, 6) is -2.97. The number of hydrogen-bond donors (Lipinski definition) is 1. The quantitative estimate of drug-likeness (QED) is 0.421. The Morgan fingerprint density at radius 3 is 2.17 bits per heavy atom. The number of alkyl halides is 6. The summed E-state index contributed by atoms with van der Waals surface area (Å²) in [6.45, 7) is 0.872. The van der Waals surface area contributed by atoms with E-state index < -0.39 is 69.7 Å². The smallest absolute Gasteiger partial charge is 0.351 e. The van der Waals surface area contributed by atoms with Gasteiger partial charge in [-0.25, -0.2) is 22.8 Å². The summed E-state index contributed by atoms with van der Waals surface area (Å²) in [4.78, 5) is 22.8. The van der Waals surface area contributed by atoms with Crippen LogP contribution in [0.25, 0.3) is 11.3 Å². The van der Waals surface area contributed by atoms with E-state index in [1.807, 2.05) is 0 Å². The lowest BCUT2D eigenvalue weighted by atomic mass is 10.1. The van der Waals surface area contributed by atoms with E-state index in [0.717, 1.165) is 47.0 Å². The fourth-order valence-corrected chi connectivity index (χ4v) is 6.14. The molecule has 0 aliphatic carbocycles. The minimum absolute atomic E-state index is 0.0873. The molecule has 16 heteroatoms. The van der Waals surface area contributed by atoms with Crippen LogP contribution in [0.15, 0.2) is 53.8 Å². The van der Waals surface area contributed by atoms with Gasteiger partial charge in [-0.1, -0.05) is 0 Å². The summed E-state index contributed by atoms with van der Waals surface area (Å²) in [6, 6.07) is 3.05. The number of amides is 1. The van der Waals surface area contributed by atoms with Crippen LogP contribution in [0.4, 0.5) is 30.7 Å². The Morgan fingerprint density at radius 1 is 0.975 bits per heavy atom. The van der Waals surface area contributed by atoms with Gasteiger partial charge in [0.05, 0.1) is 16.2 Å². The number of halogens is 7. The Morgan fingerprint density at radius 2 is 1.60 bits per heavy atom. The van der Waals surface area contributed by atoms with E-state index in [1.54, 1.807) is 6.92 Å². The number of nitrogens with one attached hydrogen (secondary N) is 1. The highest BCUT2D eigenvalue weighted by Gasteiger charge is 2.44.